The van der Waals surface area contributed by atoms with Gasteiger partial charge in [-0.2, -0.15) is 5.26 Å². The molecule has 0 aromatic heterocycles. The predicted octanol–water partition coefficient (Wildman–Crippen LogP) is 3.27. The minimum absolute atomic E-state index is 0.338. The fraction of sp³-hybridized carbons (Fsp3) is 0.533. The van der Waals surface area contributed by atoms with Crippen molar-refractivity contribution in [2.24, 2.45) is 0 Å². The summed E-state index contributed by atoms with van der Waals surface area (Å²) >= 11 is 6.02. The number of rotatable bonds is 2. The normalized spacial score (nSPS) is 30.6. The molecular weight excluding hydrogens is 258 g/mol. The fourth-order valence-corrected chi connectivity index (χ4v) is 3.62. The Balaban J connectivity index is 1.86. The molecule has 2 saturated heterocycles. The van der Waals surface area contributed by atoms with Crippen LogP contribution in [0.4, 0.5) is 5.69 Å². The molecule has 2 heterocycles. The monoisotopic (exact) mass is 275 g/mol. The van der Waals surface area contributed by atoms with Crippen molar-refractivity contribution >= 4 is 17.3 Å². The van der Waals surface area contributed by atoms with Crippen molar-refractivity contribution < 1.29 is 0 Å². The number of fused-ring (bicyclic) bond motifs is 1. The third-order valence-electron chi connectivity index (χ3n) is 4.37. The Morgan fingerprint density at radius 2 is 2.26 bits per heavy atom. The van der Waals surface area contributed by atoms with Gasteiger partial charge in [0.15, 0.2) is 0 Å². The van der Waals surface area contributed by atoms with Gasteiger partial charge in [-0.05, 0) is 44.0 Å². The molecule has 2 aliphatic rings. The minimum atomic E-state index is -0.453. The Kier molecular flexibility index (Phi) is 3.38. The van der Waals surface area contributed by atoms with Crippen LogP contribution in [0.3, 0.4) is 0 Å². The summed E-state index contributed by atoms with van der Waals surface area (Å²) in [6, 6.07) is 10.5. The highest BCUT2D eigenvalue weighted by molar-refractivity contribution is 6.30. The Morgan fingerprint density at radius 3 is 3.05 bits per heavy atom. The van der Waals surface area contributed by atoms with Crippen molar-refractivity contribution in [1.82, 2.24) is 4.90 Å². The molecular formula is C15H18ClN3. The summed E-state index contributed by atoms with van der Waals surface area (Å²) in [6.45, 7) is 2.15. The van der Waals surface area contributed by atoms with E-state index in [2.05, 4.69) is 16.3 Å². The number of halogens is 1. The number of nitriles is 1. The van der Waals surface area contributed by atoms with Gasteiger partial charge < -0.3 is 5.32 Å². The summed E-state index contributed by atoms with van der Waals surface area (Å²) in [5.41, 5.74) is 0.493. The molecule has 0 aliphatic carbocycles. The van der Waals surface area contributed by atoms with E-state index in [1.807, 2.05) is 24.3 Å². The Labute approximate surface area is 119 Å². The summed E-state index contributed by atoms with van der Waals surface area (Å²) < 4.78 is 0. The number of nitrogens with one attached hydrogen (secondary N) is 1. The van der Waals surface area contributed by atoms with Gasteiger partial charge >= 0.3 is 0 Å². The first-order valence-electron chi connectivity index (χ1n) is 6.93. The van der Waals surface area contributed by atoms with E-state index in [0.29, 0.717) is 11.1 Å². The first kappa shape index (κ1) is 12.8. The number of piperidine rings is 1. The Morgan fingerprint density at radius 1 is 1.37 bits per heavy atom. The molecule has 1 aromatic rings. The quantitative estimate of drug-likeness (QED) is 0.900. The first-order chi connectivity index (χ1) is 9.23. The molecule has 4 heteroatoms. The van der Waals surface area contributed by atoms with E-state index in [-0.39, 0.29) is 0 Å². The molecule has 2 atom stereocenters. The van der Waals surface area contributed by atoms with Crippen LogP contribution in [-0.2, 0) is 0 Å². The molecule has 2 aliphatic heterocycles. The molecule has 3 nitrogen and oxygen atoms in total. The predicted molar refractivity (Wildman–Crippen MR) is 77.2 cm³/mol. The molecule has 100 valence electrons. The first-order valence-corrected chi connectivity index (χ1v) is 7.30. The minimum Gasteiger partial charge on any atom is -0.366 e. The number of hydrogen-bond acceptors (Lipinski definition) is 3. The summed E-state index contributed by atoms with van der Waals surface area (Å²) in [5.74, 6) is 0. The fourth-order valence-electron chi connectivity index (χ4n) is 3.43. The highest BCUT2D eigenvalue weighted by Gasteiger charge is 2.48. The van der Waals surface area contributed by atoms with Crippen LogP contribution in [0.5, 0.6) is 0 Å². The van der Waals surface area contributed by atoms with E-state index in [1.165, 1.54) is 12.8 Å². The molecule has 0 spiro atoms. The molecule has 19 heavy (non-hydrogen) atoms. The second-order valence-corrected chi connectivity index (χ2v) is 5.95. The van der Waals surface area contributed by atoms with Gasteiger partial charge in [-0.1, -0.05) is 24.1 Å². The van der Waals surface area contributed by atoms with E-state index < -0.39 is 5.54 Å². The van der Waals surface area contributed by atoms with E-state index in [4.69, 9.17) is 11.6 Å². The second-order valence-electron chi connectivity index (χ2n) is 5.52. The van der Waals surface area contributed by atoms with E-state index in [1.54, 1.807) is 0 Å². The van der Waals surface area contributed by atoms with E-state index in [9.17, 15) is 5.26 Å². The van der Waals surface area contributed by atoms with Gasteiger partial charge in [0.05, 0.1) is 6.07 Å². The van der Waals surface area contributed by atoms with Crippen LogP contribution in [0.15, 0.2) is 24.3 Å². The van der Waals surface area contributed by atoms with Crippen LogP contribution in [0.2, 0.25) is 5.02 Å². The average molecular weight is 276 g/mol. The topological polar surface area (TPSA) is 39.1 Å². The van der Waals surface area contributed by atoms with Gasteiger partial charge in [0, 0.05) is 23.3 Å². The zero-order valence-electron chi connectivity index (χ0n) is 10.9. The molecule has 0 amide bonds. The van der Waals surface area contributed by atoms with Gasteiger partial charge in [-0.25, -0.2) is 0 Å². The largest absolute Gasteiger partial charge is 0.366 e. The summed E-state index contributed by atoms with van der Waals surface area (Å²) in [6.07, 6.45) is 4.48. The van der Waals surface area contributed by atoms with Gasteiger partial charge in [0.25, 0.3) is 0 Å². The zero-order valence-corrected chi connectivity index (χ0v) is 11.7. The zero-order chi connectivity index (χ0) is 13.3. The molecule has 3 rings (SSSR count). The number of benzene rings is 1. The van der Waals surface area contributed by atoms with Crippen molar-refractivity contribution in [2.75, 3.05) is 18.4 Å². The molecule has 1 aromatic carbocycles. The number of nitrogens with zero attached hydrogens (tertiary/aromatic N) is 2. The van der Waals surface area contributed by atoms with Crippen molar-refractivity contribution in [3.8, 4) is 6.07 Å². The van der Waals surface area contributed by atoms with Crippen LogP contribution in [0.1, 0.15) is 25.7 Å². The third kappa shape index (κ3) is 2.31. The van der Waals surface area contributed by atoms with Crippen molar-refractivity contribution in [2.45, 2.75) is 37.3 Å². The van der Waals surface area contributed by atoms with E-state index >= 15 is 0 Å². The van der Waals surface area contributed by atoms with Gasteiger partial charge in [0.1, 0.15) is 5.54 Å². The van der Waals surface area contributed by atoms with Crippen LogP contribution >= 0.6 is 11.6 Å². The summed E-state index contributed by atoms with van der Waals surface area (Å²) in [4.78, 5) is 2.46. The van der Waals surface area contributed by atoms with Crippen LogP contribution in [0, 0.1) is 11.3 Å². The van der Waals surface area contributed by atoms with Crippen molar-refractivity contribution in [3.05, 3.63) is 29.3 Å². The molecule has 2 unspecified atom stereocenters. The van der Waals surface area contributed by atoms with E-state index in [0.717, 1.165) is 31.6 Å². The Bertz CT molecular complexity index is 510. The highest BCUT2D eigenvalue weighted by Crippen LogP contribution is 2.37. The standard InChI is InChI=1S/C15H18ClN3/c16-12-4-3-5-13(10-12)18-15(11-17)7-9-19-8-2-1-6-14(15)19/h3-5,10,14,18H,1-2,6-9H2. The maximum Gasteiger partial charge on any atom is 0.142 e. The van der Waals surface area contributed by atoms with Gasteiger partial charge in [-0.15, -0.1) is 0 Å². The van der Waals surface area contributed by atoms with Gasteiger partial charge in [-0.3, -0.25) is 4.90 Å². The van der Waals surface area contributed by atoms with Crippen LogP contribution in [-0.4, -0.2) is 29.6 Å². The molecule has 0 saturated carbocycles. The molecule has 2 fully saturated rings. The van der Waals surface area contributed by atoms with Gasteiger partial charge in [0.2, 0.25) is 0 Å². The summed E-state index contributed by atoms with van der Waals surface area (Å²) in [5, 5.41) is 13.9. The van der Waals surface area contributed by atoms with Crippen molar-refractivity contribution in [3.63, 3.8) is 0 Å². The third-order valence-corrected chi connectivity index (χ3v) is 4.60. The average Bonchev–Trinajstić information content (AvgIpc) is 2.79. The smallest absolute Gasteiger partial charge is 0.142 e. The lowest BCUT2D eigenvalue weighted by atomic mass is 9.86. The maximum atomic E-state index is 9.71. The second kappa shape index (κ2) is 5.03. The molecule has 0 bridgehead atoms. The maximum absolute atomic E-state index is 9.71. The lowest BCUT2D eigenvalue weighted by molar-refractivity contribution is 0.180. The SMILES string of the molecule is N#CC1(Nc2cccc(Cl)c2)CCN2CCCCC21. The highest BCUT2D eigenvalue weighted by atomic mass is 35.5. The number of anilines is 1. The van der Waals surface area contributed by atoms with Crippen LogP contribution in [0.25, 0.3) is 0 Å². The van der Waals surface area contributed by atoms with Crippen molar-refractivity contribution in [1.29, 1.82) is 5.26 Å². The lowest BCUT2D eigenvalue weighted by Crippen LogP contribution is -2.50. The lowest BCUT2D eigenvalue weighted by Gasteiger charge is -2.37. The Hall–Kier alpha value is -1.24. The number of hydrogen-bond donors (Lipinski definition) is 1. The molecule has 0 radical (unpaired) electrons. The molecule has 1 N–H and O–H groups in total. The van der Waals surface area contributed by atoms with Crippen LogP contribution < -0.4 is 5.32 Å². The summed E-state index contributed by atoms with van der Waals surface area (Å²) in [7, 11) is 0.